The molecule has 1 aliphatic rings. The van der Waals surface area contributed by atoms with Gasteiger partial charge in [0.25, 0.3) is 0 Å². The van der Waals surface area contributed by atoms with Crippen LogP contribution in [0.4, 0.5) is 0 Å². The lowest BCUT2D eigenvalue weighted by Crippen LogP contribution is -2.61. The number of aryl methyl sites for hydroxylation is 1. The third-order valence-electron chi connectivity index (χ3n) is 11.9. The molecule has 8 atom stereocenters. The maximum atomic E-state index is 14.0. The van der Waals surface area contributed by atoms with E-state index in [0.29, 0.717) is 25.5 Å². The lowest BCUT2D eigenvalue weighted by atomic mass is 9.90. The first kappa shape index (κ1) is 56.4. The summed E-state index contributed by atoms with van der Waals surface area (Å²) in [5.41, 5.74) is 1.74. The van der Waals surface area contributed by atoms with Gasteiger partial charge in [-0.15, -0.1) is 0 Å². The van der Waals surface area contributed by atoms with Gasteiger partial charge >= 0.3 is 0 Å². The van der Waals surface area contributed by atoms with Crippen LogP contribution in [0.2, 0.25) is 0 Å². The second-order valence-electron chi connectivity index (χ2n) is 18.4. The van der Waals surface area contributed by atoms with Crippen molar-refractivity contribution in [2.75, 3.05) is 13.1 Å². The number of aliphatic hydroxyl groups excluding tert-OH is 2. The van der Waals surface area contributed by atoms with Crippen LogP contribution in [0, 0.1) is 18.8 Å². The van der Waals surface area contributed by atoms with E-state index < -0.39 is 83.8 Å². The molecular weight excluding hydrogens is 833 g/mol. The maximum absolute atomic E-state index is 14.0. The molecule has 0 aliphatic carbocycles. The Morgan fingerprint density at radius 1 is 0.723 bits per heavy atom. The Morgan fingerprint density at radius 3 is 1.86 bits per heavy atom. The number of carbonyl (C=O) groups excluding carboxylic acids is 8. The van der Waals surface area contributed by atoms with Crippen LogP contribution in [0.1, 0.15) is 155 Å². The van der Waals surface area contributed by atoms with E-state index in [1.54, 1.807) is 12.1 Å². The zero-order valence-corrected chi connectivity index (χ0v) is 40.1. The van der Waals surface area contributed by atoms with E-state index >= 15 is 0 Å². The highest BCUT2D eigenvalue weighted by Gasteiger charge is 2.41. The Balaban J connectivity index is 2.03. The van der Waals surface area contributed by atoms with Crippen molar-refractivity contribution >= 4 is 47.5 Å². The first-order chi connectivity index (χ1) is 30.9. The molecule has 2 unspecified atom stereocenters. The van der Waals surface area contributed by atoms with E-state index in [2.05, 4.69) is 33.5 Å². The number of nitrogens with one attached hydrogen (secondary N) is 5. The molecule has 2 rings (SSSR count). The zero-order valence-electron chi connectivity index (χ0n) is 40.1. The fourth-order valence-corrected chi connectivity index (χ4v) is 8.11. The summed E-state index contributed by atoms with van der Waals surface area (Å²) in [4.78, 5) is 106. The van der Waals surface area contributed by atoms with Gasteiger partial charge in [0.2, 0.25) is 35.4 Å². The summed E-state index contributed by atoms with van der Waals surface area (Å²) in [5.74, 6) is -4.92. The predicted molar refractivity (Wildman–Crippen MR) is 249 cm³/mol. The summed E-state index contributed by atoms with van der Waals surface area (Å²) in [6.07, 6.45) is 12.0. The predicted octanol–water partition coefficient (Wildman–Crippen LogP) is 3.89. The number of aldehydes is 1. The number of unbranched alkanes of at least 4 members (excludes halogenated alkanes) is 10. The topological polar surface area (TPSA) is 240 Å². The molecule has 0 spiro atoms. The Bertz CT molecular complexity index is 1670. The third-order valence-corrected chi connectivity index (χ3v) is 11.9. The average molecular weight is 913 g/mol. The van der Waals surface area contributed by atoms with E-state index in [9.17, 15) is 48.6 Å². The summed E-state index contributed by atoms with van der Waals surface area (Å²) < 4.78 is 0. The van der Waals surface area contributed by atoms with Crippen LogP contribution in [0.15, 0.2) is 24.3 Å². The summed E-state index contributed by atoms with van der Waals surface area (Å²) >= 11 is 0. The lowest BCUT2D eigenvalue weighted by Gasteiger charge is -2.32. The average Bonchev–Trinajstić information content (AvgIpc) is 3.75. The number of aliphatic hydroxyl groups is 2. The SMILES string of the molecule is CCCCCCCCCCCCCC(=O)C[C@@H](CC(C)C)C(=O)N[C@H](C(=O)N1CCC[C@@H]1C(=O)N[C@H](C(=O)N[C@@H](C)C(=O)N[C@@H](Cc1ccc(C)cc1)C(=O)NCC=O)C(C)O)C(C)O. The molecule has 16 heteroatoms. The molecule has 0 bridgehead atoms. The number of Topliss-reactive ketones (excluding diaryl/α,β-unsaturated/α-hetero) is 1. The fourth-order valence-electron chi connectivity index (χ4n) is 8.11. The standard InChI is InChI=1S/C49H80N6O10/c1-8-9-10-11-12-13-14-15-16-17-18-20-39(59)31-38(29-32(2)3)45(61)54-43(36(7)58)49(65)55-27-19-21-41(55)47(63)53-42(35(6)57)48(64)51-34(5)44(60)52-40(46(62)50-26-28-56)30-37-24-22-33(4)23-25-37/h22-25,28,32,34-36,38,40-43,57-58H,8-21,26-27,29-31H2,1-7H3,(H,50,62)(H,51,64)(H,52,60)(H,53,63)(H,54,61)/t34-,35?,36?,38+,40-,41+,42-,43-/m0/s1. The van der Waals surface area contributed by atoms with Gasteiger partial charge in [-0.3, -0.25) is 33.6 Å². The van der Waals surface area contributed by atoms with E-state index in [-0.39, 0.29) is 44.1 Å². The van der Waals surface area contributed by atoms with Crippen LogP contribution >= 0.6 is 0 Å². The highest BCUT2D eigenvalue weighted by Crippen LogP contribution is 2.23. The van der Waals surface area contributed by atoms with Gasteiger partial charge in [0.1, 0.15) is 42.3 Å². The van der Waals surface area contributed by atoms with E-state index in [4.69, 9.17) is 0 Å². The van der Waals surface area contributed by atoms with Crippen LogP contribution in [0.5, 0.6) is 0 Å². The van der Waals surface area contributed by atoms with Crippen molar-refractivity contribution < 1.29 is 48.6 Å². The molecule has 366 valence electrons. The highest BCUT2D eigenvalue weighted by atomic mass is 16.3. The van der Waals surface area contributed by atoms with Crippen LogP contribution in [-0.2, 0) is 44.8 Å². The second-order valence-corrected chi connectivity index (χ2v) is 18.4. The van der Waals surface area contributed by atoms with E-state index in [1.807, 2.05) is 32.9 Å². The first-order valence-corrected chi connectivity index (χ1v) is 24.1. The van der Waals surface area contributed by atoms with Crippen molar-refractivity contribution in [3.05, 3.63) is 35.4 Å². The third kappa shape index (κ3) is 21.0. The van der Waals surface area contributed by atoms with Crippen molar-refractivity contribution in [2.45, 2.75) is 200 Å². The van der Waals surface area contributed by atoms with Gasteiger partial charge in [-0.05, 0) is 64.9 Å². The quantitative estimate of drug-likeness (QED) is 0.0407. The molecule has 1 fully saturated rings. The first-order valence-electron chi connectivity index (χ1n) is 24.1. The molecule has 1 saturated heterocycles. The van der Waals surface area contributed by atoms with Crippen LogP contribution < -0.4 is 26.6 Å². The second kappa shape index (κ2) is 30.5. The van der Waals surface area contributed by atoms with E-state index in [1.165, 1.54) is 70.6 Å². The number of rotatable bonds is 32. The molecule has 65 heavy (non-hydrogen) atoms. The summed E-state index contributed by atoms with van der Waals surface area (Å²) in [6.45, 7) is 11.9. The van der Waals surface area contributed by atoms with Gasteiger partial charge < -0.3 is 46.5 Å². The Labute approximate surface area is 387 Å². The molecule has 1 aromatic rings. The molecule has 16 nitrogen and oxygen atoms in total. The monoisotopic (exact) mass is 913 g/mol. The zero-order chi connectivity index (χ0) is 48.5. The van der Waals surface area contributed by atoms with Gasteiger partial charge in [0.05, 0.1) is 18.8 Å². The van der Waals surface area contributed by atoms with Gasteiger partial charge in [0, 0.05) is 31.7 Å². The number of nitrogens with zero attached hydrogens (tertiary/aromatic N) is 1. The lowest BCUT2D eigenvalue weighted by molar-refractivity contribution is -0.145. The van der Waals surface area contributed by atoms with Crippen molar-refractivity contribution in [1.29, 1.82) is 0 Å². The molecule has 0 radical (unpaired) electrons. The molecule has 0 aromatic heterocycles. The van der Waals surface area contributed by atoms with Gasteiger partial charge in [-0.1, -0.05) is 115 Å². The number of benzene rings is 1. The number of carbonyl (C=O) groups is 8. The highest BCUT2D eigenvalue weighted by molar-refractivity contribution is 5.97. The number of likely N-dealkylation sites (tertiary alicyclic amines) is 1. The number of hydrogen-bond donors (Lipinski definition) is 7. The molecule has 1 heterocycles. The number of ketones is 1. The normalized spacial score (nSPS) is 16.9. The summed E-state index contributed by atoms with van der Waals surface area (Å²) in [6, 6.07) is 0.896. The van der Waals surface area contributed by atoms with Crippen molar-refractivity contribution in [3.8, 4) is 0 Å². The van der Waals surface area contributed by atoms with Crippen LogP contribution in [-0.4, -0.2) is 118 Å². The minimum absolute atomic E-state index is 0.0189. The van der Waals surface area contributed by atoms with Crippen molar-refractivity contribution in [2.24, 2.45) is 11.8 Å². The van der Waals surface area contributed by atoms with Crippen molar-refractivity contribution in [1.82, 2.24) is 31.5 Å². The van der Waals surface area contributed by atoms with Crippen LogP contribution in [0.25, 0.3) is 0 Å². The minimum atomic E-state index is -1.55. The molecule has 1 aliphatic heterocycles. The smallest absolute Gasteiger partial charge is 0.248 e. The summed E-state index contributed by atoms with van der Waals surface area (Å²) in [5, 5.41) is 34.1. The summed E-state index contributed by atoms with van der Waals surface area (Å²) in [7, 11) is 0. The Hall–Kier alpha value is -4.70. The fraction of sp³-hybridized carbons (Fsp3) is 0.714. The molecule has 1 aromatic carbocycles. The van der Waals surface area contributed by atoms with Gasteiger partial charge in [0.15, 0.2) is 0 Å². The minimum Gasteiger partial charge on any atom is -0.391 e. The maximum Gasteiger partial charge on any atom is 0.248 e. The molecular formula is C49H80N6O10. The largest absolute Gasteiger partial charge is 0.391 e. The van der Waals surface area contributed by atoms with E-state index in [0.717, 1.165) is 36.8 Å². The van der Waals surface area contributed by atoms with Gasteiger partial charge in [-0.25, -0.2) is 0 Å². The molecule has 7 N–H and O–H groups in total. The Morgan fingerprint density at radius 2 is 1.31 bits per heavy atom. The molecule has 0 saturated carbocycles. The molecule has 6 amide bonds. The number of amides is 6. The van der Waals surface area contributed by atoms with Crippen molar-refractivity contribution in [3.63, 3.8) is 0 Å². The number of hydrogen-bond acceptors (Lipinski definition) is 10. The van der Waals surface area contributed by atoms with Crippen LogP contribution in [0.3, 0.4) is 0 Å². The van der Waals surface area contributed by atoms with Gasteiger partial charge in [-0.2, -0.15) is 0 Å². The Kier molecular flexibility index (Phi) is 26.5.